The number of carbonyl (C=O) groups is 1. The number of ether oxygens (including phenoxy) is 1. The van der Waals surface area contributed by atoms with Crippen molar-refractivity contribution in [3.63, 3.8) is 0 Å². The summed E-state index contributed by atoms with van der Waals surface area (Å²) in [5.74, 6) is -0.105. The lowest BCUT2D eigenvalue weighted by atomic mass is 9.96. The van der Waals surface area contributed by atoms with Crippen molar-refractivity contribution in [3.8, 4) is 0 Å². The first-order valence-electron chi connectivity index (χ1n) is 6.46. The number of rotatable bonds is 1. The molecule has 1 fully saturated rings. The summed E-state index contributed by atoms with van der Waals surface area (Å²) in [6.07, 6.45) is 2.33. The third-order valence-electron chi connectivity index (χ3n) is 3.24. The number of furan rings is 1. The Bertz CT molecular complexity index is 460. The quantitative estimate of drug-likeness (QED) is 0.848. The van der Waals surface area contributed by atoms with Crippen LogP contribution in [0.5, 0.6) is 0 Å². The molecule has 1 aromatic rings. The van der Waals surface area contributed by atoms with Crippen LogP contribution in [-0.4, -0.2) is 40.9 Å². The highest BCUT2D eigenvalue weighted by atomic mass is 16.6. The molecule has 0 aliphatic carbocycles. The molecule has 0 bridgehead atoms. The molecule has 0 spiro atoms. The zero-order valence-electron chi connectivity index (χ0n) is 11.8. The van der Waals surface area contributed by atoms with Crippen LogP contribution in [0.2, 0.25) is 0 Å². The Labute approximate surface area is 113 Å². The van der Waals surface area contributed by atoms with Crippen molar-refractivity contribution in [2.75, 3.05) is 13.1 Å². The van der Waals surface area contributed by atoms with Gasteiger partial charge in [0, 0.05) is 18.0 Å². The topological polar surface area (TPSA) is 62.9 Å². The Balaban J connectivity index is 2.06. The minimum absolute atomic E-state index is 0.105. The summed E-state index contributed by atoms with van der Waals surface area (Å²) in [4.78, 5) is 13.5. The standard InChI is InChI=1S/C14H21NO4/c1-9-7-18-8-11(9)10-5-15(6-12(10)16)13(17)19-14(2,3)4/h7-8,10,12,16H,5-6H2,1-4H3/t10-,12+/m0/s1. The van der Waals surface area contributed by atoms with E-state index in [2.05, 4.69) is 0 Å². The molecule has 1 aliphatic heterocycles. The van der Waals surface area contributed by atoms with Crippen LogP contribution in [0.4, 0.5) is 4.79 Å². The largest absolute Gasteiger partial charge is 0.472 e. The Morgan fingerprint density at radius 3 is 2.63 bits per heavy atom. The molecule has 5 nitrogen and oxygen atoms in total. The van der Waals surface area contributed by atoms with Gasteiger partial charge in [0.15, 0.2) is 0 Å². The fraction of sp³-hybridized carbons (Fsp3) is 0.643. The monoisotopic (exact) mass is 267 g/mol. The number of hydrogen-bond donors (Lipinski definition) is 1. The van der Waals surface area contributed by atoms with Crippen LogP contribution in [0.3, 0.4) is 0 Å². The van der Waals surface area contributed by atoms with Crippen LogP contribution >= 0.6 is 0 Å². The number of aliphatic hydroxyl groups excluding tert-OH is 1. The van der Waals surface area contributed by atoms with E-state index >= 15 is 0 Å². The van der Waals surface area contributed by atoms with Gasteiger partial charge < -0.3 is 19.2 Å². The number of amides is 1. The van der Waals surface area contributed by atoms with E-state index in [1.54, 1.807) is 17.4 Å². The summed E-state index contributed by atoms with van der Waals surface area (Å²) in [5.41, 5.74) is 1.43. The average Bonchev–Trinajstić information content (AvgIpc) is 2.82. The van der Waals surface area contributed by atoms with Crippen molar-refractivity contribution in [2.24, 2.45) is 0 Å². The van der Waals surface area contributed by atoms with Crippen LogP contribution in [0.15, 0.2) is 16.9 Å². The molecule has 1 aliphatic rings. The first-order valence-corrected chi connectivity index (χ1v) is 6.46. The van der Waals surface area contributed by atoms with Gasteiger partial charge in [-0.25, -0.2) is 4.79 Å². The van der Waals surface area contributed by atoms with Gasteiger partial charge in [-0.2, -0.15) is 0 Å². The Morgan fingerprint density at radius 2 is 2.11 bits per heavy atom. The smallest absolute Gasteiger partial charge is 0.410 e. The first kappa shape index (κ1) is 13.9. The van der Waals surface area contributed by atoms with Gasteiger partial charge in [-0.3, -0.25) is 0 Å². The van der Waals surface area contributed by atoms with E-state index in [4.69, 9.17) is 9.15 Å². The van der Waals surface area contributed by atoms with Crippen LogP contribution in [0, 0.1) is 6.92 Å². The van der Waals surface area contributed by atoms with Gasteiger partial charge >= 0.3 is 6.09 Å². The van der Waals surface area contributed by atoms with Gasteiger partial charge in [0.05, 0.1) is 25.2 Å². The van der Waals surface area contributed by atoms with Crippen molar-refractivity contribution in [1.29, 1.82) is 0 Å². The maximum Gasteiger partial charge on any atom is 0.410 e. The molecule has 19 heavy (non-hydrogen) atoms. The van der Waals surface area contributed by atoms with Crippen LogP contribution in [0.25, 0.3) is 0 Å². The van der Waals surface area contributed by atoms with Gasteiger partial charge in [0.25, 0.3) is 0 Å². The lowest BCUT2D eigenvalue weighted by Gasteiger charge is -2.24. The molecule has 1 N–H and O–H groups in total. The van der Waals surface area contributed by atoms with E-state index in [9.17, 15) is 9.90 Å². The molecule has 2 atom stereocenters. The van der Waals surface area contributed by atoms with Gasteiger partial charge in [-0.15, -0.1) is 0 Å². The summed E-state index contributed by atoms with van der Waals surface area (Å²) in [7, 11) is 0. The number of likely N-dealkylation sites (tertiary alicyclic amines) is 1. The summed E-state index contributed by atoms with van der Waals surface area (Å²) in [6.45, 7) is 8.17. The number of aryl methyl sites for hydroxylation is 1. The first-order chi connectivity index (χ1) is 8.78. The molecular weight excluding hydrogens is 246 g/mol. The molecule has 0 aromatic carbocycles. The van der Waals surface area contributed by atoms with E-state index in [0.29, 0.717) is 13.1 Å². The zero-order valence-corrected chi connectivity index (χ0v) is 11.8. The van der Waals surface area contributed by atoms with Crippen LogP contribution in [-0.2, 0) is 4.74 Å². The molecule has 0 radical (unpaired) electrons. The lowest BCUT2D eigenvalue weighted by Crippen LogP contribution is -2.35. The summed E-state index contributed by atoms with van der Waals surface area (Å²) in [6, 6.07) is 0. The lowest BCUT2D eigenvalue weighted by molar-refractivity contribution is 0.0270. The Hall–Kier alpha value is -1.49. The van der Waals surface area contributed by atoms with E-state index in [-0.39, 0.29) is 12.0 Å². The maximum absolute atomic E-state index is 12.0. The van der Waals surface area contributed by atoms with Gasteiger partial charge in [-0.05, 0) is 33.3 Å². The zero-order chi connectivity index (χ0) is 14.2. The fourth-order valence-electron chi connectivity index (χ4n) is 2.32. The van der Waals surface area contributed by atoms with Gasteiger partial charge in [0.2, 0.25) is 0 Å². The summed E-state index contributed by atoms with van der Waals surface area (Å²) < 4.78 is 10.5. The van der Waals surface area contributed by atoms with E-state index < -0.39 is 11.7 Å². The molecule has 1 amide bonds. The fourth-order valence-corrected chi connectivity index (χ4v) is 2.32. The third-order valence-corrected chi connectivity index (χ3v) is 3.24. The predicted octanol–water partition coefficient (Wildman–Crippen LogP) is 2.28. The van der Waals surface area contributed by atoms with Crippen molar-refractivity contribution in [2.45, 2.75) is 45.3 Å². The highest BCUT2D eigenvalue weighted by Crippen LogP contribution is 2.31. The maximum atomic E-state index is 12.0. The number of β-amino-alcohol motifs (C(OH)–C–C–N with tert-alkyl or cyclic N) is 1. The molecule has 2 heterocycles. The van der Waals surface area contributed by atoms with Gasteiger partial charge in [0.1, 0.15) is 5.60 Å². The Morgan fingerprint density at radius 1 is 1.42 bits per heavy atom. The van der Waals surface area contributed by atoms with E-state index in [1.807, 2.05) is 27.7 Å². The number of nitrogens with zero attached hydrogens (tertiary/aromatic N) is 1. The normalized spacial score (nSPS) is 23.7. The van der Waals surface area contributed by atoms with Crippen molar-refractivity contribution in [1.82, 2.24) is 4.90 Å². The summed E-state index contributed by atoms with van der Waals surface area (Å²) in [5, 5.41) is 10.1. The van der Waals surface area contributed by atoms with Crippen LogP contribution < -0.4 is 0 Å². The predicted molar refractivity (Wildman–Crippen MR) is 70.0 cm³/mol. The second-order valence-electron chi connectivity index (χ2n) is 6.07. The van der Waals surface area contributed by atoms with E-state index in [0.717, 1.165) is 11.1 Å². The number of hydrogen-bond acceptors (Lipinski definition) is 4. The molecule has 1 aromatic heterocycles. The number of carbonyl (C=O) groups excluding carboxylic acids is 1. The summed E-state index contributed by atoms with van der Waals surface area (Å²) >= 11 is 0. The molecule has 1 saturated heterocycles. The molecule has 0 saturated carbocycles. The molecule has 106 valence electrons. The minimum Gasteiger partial charge on any atom is -0.472 e. The average molecular weight is 267 g/mol. The third kappa shape index (κ3) is 3.10. The van der Waals surface area contributed by atoms with E-state index in [1.165, 1.54) is 0 Å². The second kappa shape index (κ2) is 4.89. The highest BCUT2D eigenvalue weighted by molar-refractivity contribution is 5.69. The Kier molecular flexibility index (Phi) is 3.58. The molecule has 2 rings (SSSR count). The molecular formula is C14H21NO4. The van der Waals surface area contributed by atoms with Crippen molar-refractivity contribution in [3.05, 3.63) is 23.7 Å². The highest BCUT2D eigenvalue weighted by Gasteiger charge is 2.38. The van der Waals surface area contributed by atoms with Crippen molar-refractivity contribution < 1.29 is 19.1 Å². The minimum atomic E-state index is -0.580. The van der Waals surface area contributed by atoms with Crippen molar-refractivity contribution >= 4 is 6.09 Å². The molecule has 0 unspecified atom stereocenters. The second-order valence-corrected chi connectivity index (χ2v) is 6.07. The van der Waals surface area contributed by atoms with Crippen LogP contribution in [0.1, 0.15) is 37.8 Å². The van der Waals surface area contributed by atoms with Gasteiger partial charge in [-0.1, -0.05) is 0 Å². The number of aliphatic hydroxyl groups is 1. The molecule has 5 heteroatoms. The SMILES string of the molecule is Cc1cocc1[C@@H]1CN(C(=O)OC(C)(C)C)C[C@H]1O.